The first-order valence-corrected chi connectivity index (χ1v) is 13.5. The van der Waals surface area contributed by atoms with Crippen LogP contribution >= 0.6 is 0 Å². The Kier molecular flexibility index (Phi) is 7.86. The second kappa shape index (κ2) is 11.6. The number of terminal acetylenes is 1. The van der Waals surface area contributed by atoms with Gasteiger partial charge < -0.3 is 25.1 Å². The molecule has 6 heteroatoms. The van der Waals surface area contributed by atoms with Crippen LogP contribution in [0, 0.1) is 19.3 Å². The zero-order valence-electron chi connectivity index (χ0n) is 22.0. The fourth-order valence-electron chi connectivity index (χ4n) is 5.60. The first kappa shape index (κ1) is 25.7. The molecule has 0 radical (unpaired) electrons. The highest BCUT2D eigenvalue weighted by Crippen LogP contribution is 2.27. The van der Waals surface area contributed by atoms with Gasteiger partial charge in [0, 0.05) is 61.3 Å². The number of piperidine rings is 1. The van der Waals surface area contributed by atoms with Crippen LogP contribution in [-0.4, -0.2) is 67.3 Å². The molecule has 0 spiro atoms. The van der Waals surface area contributed by atoms with Crippen molar-refractivity contribution in [3.63, 3.8) is 0 Å². The van der Waals surface area contributed by atoms with Crippen LogP contribution in [-0.2, 0) is 0 Å². The van der Waals surface area contributed by atoms with E-state index in [-0.39, 0.29) is 18.6 Å². The summed E-state index contributed by atoms with van der Waals surface area (Å²) in [4.78, 5) is 19.9. The van der Waals surface area contributed by atoms with Crippen molar-refractivity contribution >= 4 is 23.0 Å². The zero-order chi connectivity index (χ0) is 26.5. The molecule has 0 unspecified atom stereocenters. The molecule has 0 saturated carbocycles. The third-order valence-corrected chi connectivity index (χ3v) is 7.81. The number of benzene rings is 3. The van der Waals surface area contributed by atoms with Crippen LogP contribution in [0.4, 0.5) is 17.1 Å². The van der Waals surface area contributed by atoms with Crippen molar-refractivity contribution in [2.24, 2.45) is 0 Å². The monoisotopic (exact) mass is 508 g/mol. The van der Waals surface area contributed by atoms with E-state index in [0.29, 0.717) is 31.2 Å². The van der Waals surface area contributed by atoms with E-state index in [1.165, 1.54) is 0 Å². The largest absolute Gasteiger partial charge is 0.394 e. The van der Waals surface area contributed by atoms with Crippen molar-refractivity contribution in [2.45, 2.75) is 31.8 Å². The summed E-state index contributed by atoms with van der Waals surface area (Å²) in [5.74, 6) is 2.82. The van der Waals surface area contributed by atoms with Gasteiger partial charge in [-0.3, -0.25) is 4.79 Å². The van der Waals surface area contributed by atoms with E-state index < -0.39 is 0 Å². The van der Waals surface area contributed by atoms with Gasteiger partial charge in [0.05, 0.1) is 18.3 Å². The Balaban J connectivity index is 1.22. The second-order valence-electron chi connectivity index (χ2n) is 10.2. The number of hydrogen-bond acceptors (Lipinski definition) is 5. The fraction of sp³-hybridized carbons (Fsp3) is 0.344. The Labute approximate surface area is 225 Å². The van der Waals surface area contributed by atoms with Gasteiger partial charge in [-0.15, -0.1) is 6.42 Å². The number of piperazine rings is 1. The maximum atomic E-state index is 13.5. The average molecular weight is 509 g/mol. The molecule has 3 aromatic rings. The molecule has 5 rings (SSSR count). The highest BCUT2D eigenvalue weighted by Gasteiger charge is 2.30. The summed E-state index contributed by atoms with van der Waals surface area (Å²) in [6, 6.07) is 24.4. The Hall–Kier alpha value is -3.95. The fourth-order valence-corrected chi connectivity index (χ4v) is 5.60. The molecule has 2 fully saturated rings. The minimum Gasteiger partial charge on any atom is -0.394 e. The van der Waals surface area contributed by atoms with Crippen LogP contribution in [0.2, 0.25) is 0 Å². The first-order chi connectivity index (χ1) is 18.6. The number of aliphatic hydroxyl groups excluding tert-OH is 1. The normalized spacial score (nSPS) is 18.2. The second-order valence-corrected chi connectivity index (χ2v) is 10.2. The number of rotatable bonds is 6. The number of carbonyl (C=O) groups excluding carboxylic acids is 1. The molecule has 0 aliphatic carbocycles. The predicted molar refractivity (Wildman–Crippen MR) is 155 cm³/mol. The molecule has 38 heavy (non-hydrogen) atoms. The van der Waals surface area contributed by atoms with E-state index in [9.17, 15) is 9.90 Å². The van der Waals surface area contributed by atoms with Crippen molar-refractivity contribution in [3.05, 3.63) is 89.5 Å². The van der Waals surface area contributed by atoms with Crippen LogP contribution in [0.5, 0.6) is 0 Å². The molecule has 2 heterocycles. The van der Waals surface area contributed by atoms with E-state index >= 15 is 0 Å². The highest BCUT2D eigenvalue weighted by atomic mass is 16.3. The lowest BCUT2D eigenvalue weighted by Crippen LogP contribution is -2.56. The standard InChI is InChI=1S/C32H36N4O2/c1-3-25-9-7-8-12-31(25)34-17-15-27(16-18-34)33-30-21-26(14-13-24(30)2)32(38)35-19-20-36(29(22-35)23-37)28-10-5-4-6-11-28/h1,4-14,21,27,29,33,37H,15-20,22-23H2,2H3/t29-/m0/s1. The number of aliphatic hydroxyl groups is 1. The first-order valence-electron chi connectivity index (χ1n) is 13.5. The molecule has 6 nitrogen and oxygen atoms in total. The van der Waals surface area contributed by atoms with Crippen molar-refractivity contribution in [1.82, 2.24) is 4.90 Å². The zero-order valence-corrected chi connectivity index (χ0v) is 22.0. The number of hydrogen-bond donors (Lipinski definition) is 2. The Bertz CT molecular complexity index is 1290. The van der Waals surface area contributed by atoms with Crippen LogP contribution in [0.15, 0.2) is 72.8 Å². The number of amides is 1. The van der Waals surface area contributed by atoms with Gasteiger partial charge in [-0.2, -0.15) is 0 Å². The molecular formula is C32H36N4O2. The topological polar surface area (TPSA) is 59.1 Å². The van der Waals surface area contributed by atoms with Gasteiger partial charge in [-0.05, 0) is 61.7 Å². The van der Waals surface area contributed by atoms with E-state index in [4.69, 9.17) is 6.42 Å². The van der Waals surface area contributed by atoms with E-state index in [1.54, 1.807) is 0 Å². The van der Waals surface area contributed by atoms with Crippen LogP contribution < -0.4 is 15.1 Å². The molecule has 2 saturated heterocycles. The van der Waals surface area contributed by atoms with Gasteiger partial charge in [0.2, 0.25) is 0 Å². The third-order valence-electron chi connectivity index (χ3n) is 7.81. The average Bonchev–Trinajstić information content (AvgIpc) is 2.98. The lowest BCUT2D eigenvalue weighted by molar-refractivity contribution is 0.0699. The molecule has 0 aromatic heterocycles. The lowest BCUT2D eigenvalue weighted by Gasteiger charge is -2.42. The van der Waals surface area contributed by atoms with E-state index in [0.717, 1.165) is 54.1 Å². The molecule has 2 aliphatic rings. The predicted octanol–water partition coefficient (Wildman–Crippen LogP) is 4.38. The number of carbonyl (C=O) groups is 1. The summed E-state index contributed by atoms with van der Waals surface area (Å²) in [5.41, 5.74) is 5.97. The van der Waals surface area contributed by atoms with E-state index in [1.807, 2.05) is 59.5 Å². The summed E-state index contributed by atoms with van der Waals surface area (Å²) in [6.45, 7) is 5.76. The number of aryl methyl sites for hydroxylation is 1. The molecule has 1 amide bonds. The Morgan fingerprint density at radius 3 is 2.47 bits per heavy atom. The SMILES string of the molecule is C#Cc1ccccc1N1CCC(Nc2cc(C(=O)N3CCN(c4ccccc4)[C@H](CO)C3)ccc2C)CC1. The number of para-hydroxylation sites is 2. The quantitative estimate of drug-likeness (QED) is 0.484. The number of nitrogens with zero attached hydrogens (tertiary/aromatic N) is 3. The molecule has 2 aliphatic heterocycles. The molecule has 0 bridgehead atoms. The minimum absolute atomic E-state index is 0.00386. The Morgan fingerprint density at radius 1 is 1.00 bits per heavy atom. The van der Waals surface area contributed by atoms with Gasteiger partial charge in [0.25, 0.3) is 5.91 Å². The van der Waals surface area contributed by atoms with Gasteiger partial charge in [-0.25, -0.2) is 0 Å². The van der Waals surface area contributed by atoms with Crippen molar-refractivity contribution < 1.29 is 9.90 Å². The molecular weight excluding hydrogens is 472 g/mol. The van der Waals surface area contributed by atoms with Crippen LogP contribution in [0.25, 0.3) is 0 Å². The summed E-state index contributed by atoms with van der Waals surface area (Å²) in [7, 11) is 0. The third kappa shape index (κ3) is 5.49. The van der Waals surface area contributed by atoms with Crippen molar-refractivity contribution in [3.8, 4) is 12.3 Å². The maximum Gasteiger partial charge on any atom is 0.254 e. The summed E-state index contributed by atoms with van der Waals surface area (Å²) in [5, 5.41) is 13.8. The molecule has 1 atom stereocenters. The van der Waals surface area contributed by atoms with Gasteiger partial charge in [-0.1, -0.05) is 42.3 Å². The van der Waals surface area contributed by atoms with Crippen LogP contribution in [0.1, 0.15) is 34.3 Å². The Morgan fingerprint density at radius 2 is 1.74 bits per heavy atom. The highest BCUT2D eigenvalue weighted by molar-refractivity contribution is 5.95. The summed E-state index contributed by atoms with van der Waals surface area (Å²) >= 11 is 0. The van der Waals surface area contributed by atoms with Crippen LogP contribution in [0.3, 0.4) is 0 Å². The summed E-state index contributed by atoms with van der Waals surface area (Å²) < 4.78 is 0. The summed E-state index contributed by atoms with van der Waals surface area (Å²) in [6.07, 6.45) is 7.70. The van der Waals surface area contributed by atoms with Gasteiger partial charge in [0.15, 0.2) is 0 Å². The lowest BCUT2D eigenvalue weighted by atomic mass is 10.0. The molecule has 2 N–H and O–H groups in total. The smallest absolute Gasteiger partial charge is 0.254 e. The van der Waals surface area contributed by atoms with Gasteiger partial charge >= 0.3 is 0 Å². The maximum absolute atomic E-state index is 13.5. The van der Waals surface area contributed by atoms with E-state index in [2.05, 4.69) is 46.2 Å². The van der Waals surface area contributed by atoms with Gasteiger partial charge in [0.1, 0.15) is 0 Å². The van der Waals surface area contributed by atoms with Crippen molar-refractivity contribution in [1.29, 1.82) is 0 Å². The van der Waals surface area contributed by atoms with Crippen molar-refractivity contribution in [2.75, 3.05) is 54.4 Å². The molecule has 196 valence electrons. The number of anilines is 3. The minimum atomic E-state index is -0.122. The number of nitrogens with one attached hydrogen (secondary N) is 1. The molecule has 3 aromatic carbocycles.